The van der Waals surface area contributed by atoms with Crippen molar-refractivity contribution in [2.75, 3.05) is 5.32 Å². The van der Waals surface area contributed by atoms with E-state index in [9.17, 15) is 9.59 Å². The lowest BCUT2D eigenvalue weighted by atomic mass is 10.0. The Balaban J connectivity index is 1.49. The number of carbonyl (C=O) groups excluding carboxylic acids is 2. The average molecular weight is 413 g/mol. The third-order valence-electron chi connectivity index (χ3n) is 4.65. The molecule has 2 heterocycles. The van der Waals surface area contributed by atoms with Crippen molar-refractivity contribution < 1.29 is 14.3 Å². The molecule has 2 aromatic heterocycles. The van der Waals surface area contributed by atoms with Crippen molar-refractivity contribution in [2.24, 2.45) is 0 Å². The summed E-state index contributed by atoms with van der Waals surface area (Å²) in [4.78, 5) is 32.3. The molecular weight excluding hydrogens is 390 g/mol. The Morgan fingerprint density at radius 2 is 1.74 bits per heavy atom. The van der Waals surface area contributed by atoms with E-state index in [4.69, 9.17) is 4.74 Å². The SMILES string of the molecule is CC(C)(C)OC(=O)Nc1ccc(-c2cc(C(=O)c3ccc4ncccc4c3)c[nH]2)cc1. The van der Waals surface area contributed by atoms with Gasteiger partial charge in [-0.05, 0) is 68.8 Å². The van der Waals surface area contributed by atoms with Crippen LogP contribution in [0, 0.1) is 0 Å². The van der Waals surface area contributed by atoms with E-state index in [1.165, 1.54) is 0 Å². The molecule has 31 heavy (non-hydrogen) atoms. The molecule has 0 bridgehead atoms. The Kier molecular flexibility index (Phi) is 5.29. The van der Waals surface area contributed by atoms with Gasteiger partial charge in [-0.2, -0.15) is 0 Å². The van der Waals surface area contributed by atoms with Crippen LogP contribution in [-0.2, 0) is 4.74 Å². The Bertz CT molecular complexity index is 1250. The van der Waals surface area contributed by atoms with Gasteiger partial charge in [-0.1, -0.05) is 18.2 Å². The number of anilines is 1. The number of H-pyrrole nitrogens is 1. The van der Waals surface area contributed by atoms with Gasteiger partial charge in [0.2, 0.25) is 0 Å². The highest BCUT2D eigenvalue weighted by Crippen LogP contribution is 2.24. The molecular formula is C25H23N3O3. The third kappa shape index (κ3) is 4.80. The molecule has 0 unspecified atom stereocenters. The van der Waals surface area contributed by atoms with E-state index in [1.54, 1.807) is 30.6 Å². The van der Waals surface area contributed by atoms with Gasteiger partial charge in [0.05, 0.1) is 5.52 Å². The number of aromatic nitrogens is 2. The van der Waals surface area contributed by atoms with Crippen LogP contribution in [0.1, 0.15) is 36.7 Å². The van der Waals surface area contributed by atoms with Crippen LogP contribution in [0.5, 0.6) is 0 Å². The maximum atomic E-state index is 12.9. The second kappa shape index (κ2) is 8.07. The molecule has 0 fully saturated rings. The maximum Gasteiger partial charge on any atom is 0.412 e. The largest absolute Gasteiger partial charge is 0.444 e. The van der Waals surface area contributed by atoms with Crippen molar-refractivity contribution >= 4 is 28.5 Å². The lowest BCUT2D eigenvalue weighted by Gasteiger charge is -2.19. The second-order valence-electron chi connectivity index (χ2n) is 8.25. The Hall–Kier alpha value is -3.93. The molecule has 6 nitrogen and oxygen atoms in total. The Morgan fingerprint density at radius 1 is 0.968 bits per heavy atom. The fourth-order valence-electron chi connectivity index (χ4n) is 3.23. The summed E-state index contributed by atoms with van der Waals surface area (Å²) in [6.45, 7) is 5.44. The molecule has 0 saturated carbocycles. The van der Waals surface area contributed by atoms with Crippen molar-refractivity contribution in [1.82, 2.24) is 9.97 Å². The molecule has 0 aliphatic heterocycles. The molecule has 4 rings (SSSR count). The predicted octanol–water partition coefficient (Wildman–Crippen LogP) is 5.81. The summed E-state index contributed by atoms with van der Waals surface area (Å²) >= 11 is 0. The van der Waals surface area contributed by atoms with E-state index in [2.05, 4.69) is 15.3 Å². The van der Waals surface area contributed by atoms with Crippen molar-refractivity contribution in [3.8, 4) is 11.3 Å². The zero-order chi connectivity index (χ0) is 22.0. The van der Waals surface area contributed by atoms with Crippen LogP contribution in [0.25, 0.3) is 22.2 Å². The van der Waals surface area contributed by atoms with E-state index < -0.39 is 11.7 Å². The van der Waals surface area contributed by atoms with E-state index in [0.29, 0.717) is 16.8 Å². The van der Waals surface area contributed by atoms with Gasteiger partial charge in [0.25, 0.3) is 0 Å². The van der Waals surface area contributed by atoms with Crippen LogP contribution < -0.4 is 5.32 Å². The molecule has 6 heteroatoms. The van der Waals surface area contributed by atoms with Crippen LogP contribution in [0.4, 0.5) is 10.5 Å². The minimum absolute atomic E-state index is 0.0588. The first kappa shape index (κ1) is 20.3. The number of aromatic amines is 1. The minimum Gasteiger partial charge on any atom is -0.444 e. The number of hydrogen-bond donors (Lipinski definition) is 2. The third-order valence-corrected chi connectivity index (χ3v) is 4.65. The number of nitrogens with zero attached hydrogens (tertiary/aromatic N) is 1. The number of amides is 1. The zero-order valence-corrected chi connectivity index (χ0v) is 17.6. The quantitative estimate of drug-likeness (QED) is 0.414. The number of ketones is 1. The molecule has 0 aliphatic carbocycles. The smallest absolute Gasteiger partial charge is 0.412 e. The fourth-order valence-corrected chi connectivity index (χ4v) is 3.23. The summed E-state index contributed by atoms with van der Waals surface area (Å²) in [6.07, 6.45) is 2.94. The van der Waals surface area contributed by atoms with Gasteiger partial charge in [-0.15, -0.1) is 0 Å². The van der Waals surface area contributed by atoms with Gasteiger partial charge in [0.1, 0.15) is 5.60 Å². The molecule has 1 amide bonds. The topological polar surface area (TPSA) is 84.1 Å². The zero-order valence-electron chi connectivity index (χ0n) is 17.6. The molecule has 2 aromatic carbocycles. The number of pyridine rings is 1. The number of rotatable bonds is 4. The van der Waals surface area contributed by atoms with Crippen LogP contribution in [0.2, 0.25) is 0 Å². The van der Waals surface area contributed by atoms with Crippen molar-refractivity contribution in [2.45, 2.75) is 26.4 Å². The molecule has 2 N–H and O–H groups in total. The second-order valence-corrected chi connectivity index (χ2v) is 8.25. The first-order chi connectivity index (χ1) is 14.8. The fraction of sp³-hybridized carbons (Fsp3) is 0.160. The van der Waals surface area contributed by atoms with Crippen LogP contribution in [0.3, 0.4) is 0 Å². The monoisotopic (exact) mass is 413 g/mol. The summed E-state index contributed by atoms with van der Waals surface area (Å²) in [7, 11) is 0. The van der Waals surface area contributed by atoms with E-state index in [0.717, 1.165) is 22.2 Å². The lowest BCUT2D eigenvalue weighted by Crippen LogP contribution is -2.27. The van der Waals surface area contributed by atoms with Crippen LogP contribution >= 0.6 is 0 Å². The van der Waals surface area contributed by atoms with Crippen molar-refractivity contribution in [3.05, 3.63) is 84.2 Å². The minimum atomic E-state index is -0.557. The molecule has 156 valence electrons. The van der Waals surface area contributed by atoms with E-state index in [1.807, 2.05) is 63.2 Å². The highest BCUT2D eigenvalue weighted by Gasteiger charge is 2.16. The standard InChI is InChI=1S/C25H23N3O3/c1-25(2,3)31-24(30)28-20-9-6-16(7-10-20)22-14-19(15-27-22)23(29)18-8-11-21-17(13-18)5-4-12-26-21/h4-15,27H,1-3H3,(H,28,30). The number of nitrogens with one attached hydrogen (secondary N) is 2. The molecule has 0 aliphatic rings. The molecule has 0 saturated heterocycles. The van der Waals surface area contributed by atoms with Gasteiger partial charge in [0.15, 0.2) is 5.78 Å². The Labute approximate surface area is 180 Å². The molecule has 4 aromatic rings. The van der Waals surface area contributed by atoms with Gasteiger partial charge < -0.3 is 9.72 Å². The van der Waals surface area contributed by atoms with Crippen LogP contribution in [0.15, 0.2) is 73.1 Å². The van der Waals surface area contributed by atoms with Crippen LogP contribution in [-0.4, -0.2) is 27.4 Å². The van der Waals surface area contributed by atoms with E-state index >= 15 is 0 Å². The lowest BCUT2D eigenvalue weighted by molar-refractivity contribution is 0.0635. The highest BCUT2D eigenvalue weighted by molar-refractivity contribution is 6.11. The van der Waals surface area contributed by atoms with E-state index in [-0.39, 0.29) is 5.78 Å². The summed E-state index contributed by atoms with van der Waals surface area (Å²) < 4.78 is 5.26. The predicted molar refractivity (Wildman–Crippen MR) is 121 cm³/mol. The number of hydrogen-bond acceptors (Lipinski definition) is 4. The van der Waals surface area contributed by atoms with Gasteiger partial charge in [0, 0.05) is 40.3 Å². The number of carbonyl (C=O) groups is 2. The van der Waals surface area contributed by atoms with Gasteiger partial charge in [-0.3, -0.25) is 15.1 Å². The number of benzene rings is 2. The Morgan fingerprint density at radius 3 is 2.48 bits per heavy atom. The maximum absolute atomic E-state index is 12.9. The summed E-state index contributed by atoms with van der Waals surface area (Å²) in [5.74, 6) is -0.0588. The highest BCUT2D eigenvalue weighted by atomic mass is 16.6. The summed E-state index contributed by atoms with van der Waals surface area (Å²) in [5.41, 5.74) is 3.83. The van der Waals surface area contributed by atoms with Gasteiger partial charge in [-0.25, -0.2) is 4.79 Å². The van der Waals surface area contributed by atoms with Gasteiger partial charge >= 0.3 is 6.09 Å². The summed E-state index contributed by atoms with van der Waals surface area (Å²) in [6, 6.07) is 18.4. The number of ether oxygens (including phenoxy) is 1. The molecule has 0 spiro atoms. The average Bonchev–Trinajstić information content (AvgIpc) is 3.22. The van der Waals surface area contributed by atoms with Crippen molar-refractivity contribution in [3.63, 3.8) is 0 Å². The first-order valence-corrected chi connectivity index (χ1v) is 9.97. The molecule has 0 atom stereocenters. The number of fused-ring (bicyclic) bond motifs is 1. The van der Waals surface area contributed by atoms with Crippen molar-refractivity contribution in [1.29, 1.82) is 0 Å². The summed E-state index contributed by atoms with van der Waals surface area (Å²) in [5, 5.41) is 3.63. The molecule has 0 radical (unpaired) electrons. The normalized spacial score (nSPS) is 11.3. The first-order valence-electron chi connectivity index (χ1n) is 9.97.